The first-order valence-electron chi connectivity index (χ1n) is 6.16. The summed E-state index contributed by atoms with van der Waals surface area (Å²) in [5.74, 6) is -1.90. The molecule has 0 spiro atoms. The molecule has 1 unspecified atom stereocenters. The minimum atomic E-state index is -0.965. The van der Waals surface area contributed by atoms with Crippen LogP contribution in [0.25, 0.3) is 0 Å². The van der Waals surface area contributed by atoms with Gasteiger partial charge in [0.15, 0.2) is 11.6 Å². The van der Waals surface area contributed by atoms with E-state index in [9.17, 15) is 8.78 Å². The van der Waals surface area contributed by atoms with Crippen LogP contribution < -0.4 is 5.32 Å². The van der Waals surface area contributed by atoms with E-state index < -0.39 is 17.7 Å². The SMILES string of the molecule is CCNC(c1ccccc1Cl)c1cc(F)c(F)cc1Cl. The molecule has 0 bridgehead atoms. The van der Waals surface area contributed by atoms with Gasteiger partial charge in [0.25, 0.3) is 0 Å². The third kappa shape index (κ3) is 3.11. The monoisotopic (exact) mass is 315 g/mol. The predicted octanol–water partition coefficient (Wildman–Crippen LogP) is 4.97. The summed E-state index contributed by atoms with van der Waals surface area (Å²) in [5, 5.41) is 3.89. The van der Waals surface area contributed by atoms with Crippen molar-refractivity contribution in [3.63, 3.8) is 0 Å². The molecule has 1 nitrogen and oxygen atoms in total. The van der Waals surface area contributed by atoms with Crippen LogP contribution >= 0.6 is 23.2 Å². The summed E-state index contributed by atoms with van der Waals surface area (Å²) in [6.07, 6.45) is 0. The number of rotatable bonds is 4. The Bertz CT molecular complexity index is 617. The van der Waals surface area contributed by atoms with Gasteiger partial charge < -0.3 is 5.32 Å². The third-order valence-corrected chi connectivity index (χ3v) is 3.65. The first kappa shape index (κ1) is 15.2. The Labute approximate surface area is 126 Å². The van der Waals surface area contributed by atoms with Crippen molar-refractivity contribution in [1.82, 2.24) is 5.32 Å². The van der Waals surface area contributed by atoms with Crippen molar-refractivity contribution < 1.29 is 8.78 Å². The highest BCUT2D eigenvalue weighted by Gasteiger charge is 2.20. The fourth-order valence-electron chi connectivity index (χ4n) is 2.06. The normalized spacial score (nSPS) is 12.4. The number of halogens is 4. The average Bonchev–Trinajstić information content (AvgIpc) is 2.42. The molecule has 20 heavy (non-hydrogen) atoms. The zero-order valence-corrected chi connectivity index (χ0v) is 12.3. The van der Waals surface area contributed by atoms with Crippen molar-refractivity contribution in [2.75, 3.05) is 6.54 Å². The lowest BCUT2D eigenvalue weighted by atomic mass is 9.98. The van der Waals surface area contributed by atoms with Gasteiger partial charge in [0.1, 0.15) is 0 Å². The summed E-state index contributed by atoms with van der Waals surface area (Å²) in [4.78, 5) is 0. The lowest BCUT2D eigenvalue weighted by molar-refractivity contribution is 0.504. The lowest BCUT2D eigenvalue weighted by Gasteiger charge is -2.21. The largest absolute Gasteiger partial charge is 0.306 e. The number of hydrogen-bond donors (Lipinski definition) is 1. The van der Waals surface area contributed by atoms with Crippen LogP contribution in [0.3, 0.4) is 0 Å². The van der Waals surface area contributed by atoms with Gasteiger partial charge in [-0.05, 0) is 35.9 Å². The molecule has 2 aromatic carbocycles. The number of hydrogen-bond acceptors (Lipinski definition) is 1. The predicted molar refractivity (Wildman–Crippen MR) is 78.3 cm³/mol. The minimum absolute atomic E-state index is 0.162. The molecule has 0 amide bonds. The van der Waals surface area contributed by atoms with Crippen molar-refractivity contribution in [3.05, 3.63) is 69.2 Å². The van der Waals surface area contributed by atoms with Gasteiger partial charge in [0.05, 0.1) is 6.04 Å². The van der Waals surface area contributed by atoms with E-state index in [1.807, 2.05) is 25.1 Å². The average molecular weight is 316 g/mol. The molecule has 0 saturated heterocycles. The van der Waals surface area contributed by atoms with E-state index in [0.29, 0.717) is 17.1 Å². The zero-order valence-electron chi connectivity index (χ0n) is 10.8. The summed E-state index contributed by atoms with van der Waals surface area (Å²) in [7, 11) is 0. The van der Waals surface area contributed by atoms with Gasteiger partial charge in [-0.15, -0.1) is 0 Å². The highest BCUT2D eigenvalue weighted by molar-refractivity contribution is 6.32. The van der Waals surface area contributed by atoms with E-state index >= 15 is 0 Å². The molecule has 0 aliphatic rings. The van der Waals surface area contributed by atoms with Crippen LogP contribution in [0.5, 0.6) is 0 Å². The minimum Gasteiger partial charge on any atom is -0.306 e. The second-order valence-corrected chi connectivity index (χ2v) is 5.11. The van der Waals surface area contributed by atoms with Gasteiger partial charge in [0, 0.05) is 10.0 Å². The van der Waals surface area contributed by atoms with E-state index in [1.54, 1.807) is 6.07 Å². The van der Waals surface area contributed by atoms with Gasteiger partial charge in [-0.2, -0.15) is 0 Å². The standard InChI is InChI=1S/C15H13Cl2F2N/c1-2-20-15(9-5-3-4-6-11(9)16)10-7-13(18)14(19)8-12(10)17/h3-8,15,20H,2H2,1H3. The molecule has 2 aromatic rings. The van der Waals surface area contributed by atoms with E-state index in [2.05, 4.69) is 5.32 Å². The fourth-order valence-corrected chi connectivity index (χ4v) is 2.56. The van der Waals surface area contributed by atoms with Crippen LogP contribution in [0.1, 0.15) is 24.1 Å². The van der Waals surface area contributed by atoms with Crippen LogP contribution in [-0.4, -0.2) is 6.54 Å². The summed E-state index contributed by atoms with van der Waals surface area (Å²) in [6.45, 7) is 2.54. The topological polar surface area (TPSA) is 12.0 Å². The van der Waals surface area contributed by atoms with E-state index in [4.69, 9.17) is 23.2 Å². The first-order chi connectivity index (χ1) is 9.54. The molecule has 0 radical (unpaired) electrons. The molecule has 5 heteroatoms. The van der Waals surface area contributed by atoms with Gasteiger partial charge in [-0.3, -0.25) is 0 Å². The maximum Gasteiger partial charge on any atom is 0.160 e. The first-order valence-corrected chi connectivity index (χ1v) is 6.92. The van der Waals surface area contributed by atoms with E-state index in [0.717, 1.165) is 17.7 Å². The molecule has 2 rings (SSSR count). The van der Waals surface area contributed by atoms with Crippen LogP contribution in [0.15, 0.2) is 36.4 Å². The van der Waals surface area contributed by atoms with Gasteiger partial charge >= 0.3 is 0 Å². The molecule has 1 atom stereocenters. The van der Waals surface area contributed by atoms with Gasteiger partial charge in [-0.1, -0.05) is 48.3 Å². The van der Waals surface area contributed by atoms with Crippen LogP contribution in [0.2, 0.25) is 10.0 Å². The van der Waals surface area contributed by atoms with Crippen molar-refractivity contribution in [3.8, 4) is 0 Å². The second-order valence-electron chi connectivity index (χ2n) is 4.30. The maximum absolute atomic E-state index is 13.5. The van der Waals surface area contributed by atoms with E-state index in [1.165, 1.54) is 0 Å². The number of nitrogens with one attached hydrogen (secondary N) is 1. The van der Waals surface area contributed by atoms with Gasteiger partial charge in [0.2, 0.25) is 0 Å². The summed E-state index contributed by atoms with van der Waals surface area (Å²) >= 11 is 12.2. The smallest absolute Gasteiger partial charge is 0.160 e. The maximum atomic E-state index is 13.5. The quantitative estimate of drug-likeness (QED) is 0.785. The molecule has 0 fully saturated rings. The highest BCUT2D eigenvalue weighted by Crippen LogP contribution is 2.33. The van der Waals surface area contributed by atoms with Gasteiger partial charge in [-0.25, -0.2) is 8.78 Å². The fraction of sp³-hybridized carbons (Fsp3) is 0.200. The Morgan fingerprint density at radius 1 is 1.00 bits per heavy atom. The second kappa shape index (κ2) is 6.53. The third-order valence-electron chi connectivity index (χ3n) is 2.98. The highest BCUT2D eigenvalue weighted by atomic mass is 35.5. The lowest BCUT2D eigenvalue weighted by Crippen LogP contribution is -2.23. The van der Waals surface area contributed by atoms with Crippen molar-refractivity contribution >= 4 is 23.2 Å². The zero-order chi connectivity index (χ0) is 14.7. The molecule has 1 N–H and O–H groups in total. The molecule has 0 aliphatic heterocycles. The van der Waals surface area contributed by atoms with Crippen LogP contribution in [0.4, 0.5) is 8.78 Å². The summed E-state index contributed by atoms with van der Waals surface area (Å²) in [5.41, 5.74) is 1.23. The van der Waals surface area contributed by atoms with Crippen LogP contribution in [-0.2, 0) is 0 Å². The van der Waals surface area contributed by atoms with Crippen molar-refractivity contribution in [2.24, 2.45) is 0 Å². The van der Waals surface area contributed by atoms with Crippen molar-refractivity contribution in [2.45, 2.75) is 13.0 Å². The summed E-state index contributed by atoms with van der Waals surface area (Å²) in [6, 6.07) is 8.90. The van der Waals surface area contributed by atoms with Crippen molar-refractivity contribution in [1.29, 1.82) is 0 Å². The molecule has 0 heterocycles. The molecule has 106 valence electrons. The Kier molecular flexibility index (Phi) is 4.97. The van der Waals surface area contributed by atoms with Crippen LogP contribution in [0, 0.1) is 11.6 Å². The Morgan fingerprint density at radius 3 is 2.30 bits per heavy atom. The Morgan fingerprint density at radius 2 is 1.65 bits per heavy atom. The summed E-state index contributed by atoms with van der Waals surface area (Å²) < 4.78 is 26.7. The molecular weight excluding hydrogens is 303 g/mol. The van der Waals surface area contributed by atoms with E-state index in [-0.39, 0.29) is 5.02 Å². The molecule has 0 saturated carbocycles. The Hall–Kier alpha value is -1.16. The Balaban J connectivity index is 2.54. The molecular formula is C15H13Cl2F2N. The molecule has 0 aliphatic carbocycles. The number of benzene rings is 2. The molecule has 0 aromatic heterocycles.